The van der Waals surface area contributed by atoms with Crippen molar-refractivity contribution in [2.45, 2.75) is 76.5 Å². The fraction of sp³-hybridized carbons (Fsp3) is 1.00. The van der Waals surface area contributed by atoms with Gasteiger partial charge < -0.3 is 5.11 Å². The van der Waals surface area contributed by atoms with Gasteiger partial charge in [0.25, 0.3) is 0 Å². The van der Waals surface area contributed by atoms with E-state index >= 15 is 0 Å². The molecule has 2 heteroatoms. The third-order valence-corrected chi connectivity index (χ3v) is 4.24. The molecular weight excluding hydrogens is 186 g/mol. The highest BCUT2D eigenvalue weighted by Crippen LogP contribution is 2.38. The summed E-state index contributed by atoms with van der Waals surface area (Å²) in [5, 5.41) is 10.2. The summed E-state index contributed by atoms with van der Waals surface area (Å²) >= 11 is 0. The van der Waals surface area contributed by atoms with E-state index in [1.54, 1.807) is 0 Å². The van der Waals surface area contributed by atoms with Crippen LogP contribution in [0, 0.1) is 0 Å². The largest absolute Gasteiger partial charge is 0.390 e. The van der Waals surface area contributed by atoms with Gasteiger partial charge in [-0.05, 0) is 58.9 Å². The number of hydrogen-bond donors (Lipinski definition) is 1. The minimum atomic E-state index is -0.296. The van der Waals surface area contributed by atoms with Crippen molar-refractivity contribution < 1.29 is 5.11 Å². The lowest BCUT2D eigenvalue weighted by Gasteiger charge is -2.45. The van der Waals surface area contributed by atoms with Crippen molar-refractivity contribution in [1.82, 2.24) is 4.90 Å². The summed E-state index contributed by atoms with van der Waals surface area (Å²) in [4.78, 5) is 2.60. The van der Waals surface area contributed by atoms with E-state index in [9.17, 15) is 5.11 Å². The van der Waals surface area contributed by atoms with Crippen molar-refractivity contribution in [2.75, 3.05) is 6.54 Å². The number of hydrogen-bond acceptors (Lipinski definition) is 2. The van der Waals surface area contributed by atoms with Gasteiger partial charge in [-0.3, -0.25) is 4.90 Å². The van der Waals surface area contributed by atoms with E-state index in [4.69, 9.17) is 0 Å². The van der Waals surface area contributed by atoms with Crippen LogP contribution < -0.4 is 0 Å². The second-order valence-corrected chi connectivity index (χ2v) is 5.76. The van der Waals surface area contributed by atoms with Gasteiger partial charge in [0, 0.05) is 12.1 Å². The van der Waals surface area contributed by atoms with Gasteiger partial charge in [-0.15, -0.1) is 0 Å². The van der Waals surface area contributed by atoms with E-state index in [1.807, 2.05) is 0 Å². The van der Waals surface area contributed by atoms with E-state index in [-0.39, 0.29) is 5.60 Å². The first kappa shape index (κ1) is 11.4. The molecule has 1 aliphatic heterocycles. The molecule has 1 aliphatic carbocycles. The van der Waals surface area contributed by atoms with Crippen LogP contribution in [-0.2, 0) is 0 Å². The van der Waals surface area contributed by atoms with Gasteiger partial charge in [0.15, 0.2) is 0 Å². The van der Waals surface area contributed by atoms with E-state index in [1.165, 1.54) is 32.2 Å². The minimum absolute atomic E-state index is 0.296. The topological polar surface area (TPSA) is 23.5 Å². The molecular formula is C13H25NO. The highest BCUT2D eigenvalue weighted by atomic mass is 16.3. The quantitative estimate of drug-likeness (QED) is 0.775. The molecule has 2 aliphatic rings. The maximum atomic E-state index is 10.2. The molecule has 0 aromatic rings. The summed E-state index contributed by atoms with van der Waals surface area (Å²) in [5.41, 5.74) is -0.296. The van der Waals surface area contributed by atoms with Gasteiger partial charge in [-0.2, -0.15) is 0 Å². The van der Waals surface area contributed by atoms with Crippen molar-refractivity contribution in [3.05, 3.63) is 0 Å². The molecule has 1 N–H and O–H groups in total. The monoisotopic (exact) mass is 211 g/mol. The number of rotatable bonds is 3. The maximum absolute atomic E-state index is 10.2. The number of nitrogens with zero attached hydrogens (tertiary/aromatic N) is 1. The molecule has 1 unspecified atom stereocenters. The number of piperidine rings is 1. The molecule has 2 nitrogen and oxygen atoms in total. The zero-order chi connectivity index (χ0) is 10.9. The van der Waals surface area contributed by atoms with Crippen molar-refractivity contribution in [3.8, 4) is 0 Å². The van der Waals surface area contributed by atoms with Gasteiger partial charge in [-0.1, -0.05) is 6.42 Å². The minimum Gasteiger partial charge on any atom is -0.390 e. The molecule has 0 radical (unpaired) electrons. The van der Waals surface area contributed by atoms with E-state index in [2.05, 4.69) is 18.7 Å². The summed E-state index contributed by atoms with van der Waals surface area (Å²) in [5.74, 6) is 0. The third-order valence-electron chi connectivity index (χ3n) is 4.24. The van der Waals surface area contributed by atoms with E-state index < -0.39 is 0 Å². The standard InChI is InChI=1S/C13H25NO/c1-11(2)14-9-4-3-6-12(14)10-13(15)7-5-8-13/h11-12,15H,3-10H2,1-2H3. The molecule has 0 aromatic carbocycles. The highest BCUT2D eigenvalue weighted by Gasteiger charge is 2.39. The molecule has 0 aromatic heterocycles. The predicted molar refractivity (Wildman–Crippen MR) is 62.9 cm³/mol. The molecule has 2 rings (SSSR count). The lowest BCUT2D eigenvalue weighted by molar-refractivity contribution is -0.0678. The van der Waals surface area contributed by atoms with Gasteiger partial charge in [0.2, 0.25) is 0 Å². The van der Waals surface area contributed by atoms with Crippen LogP contribution in [0.3, 0.4) is 0 Å². The Labute approximate surface area is 93.7 Å². The fourth-order valence-corrected chi connectivity index (χ4v) is 3.15. The average molecular weight is 211 g/mol. The molecule has 0 spiro atoms. The Morgan fingerprint density at radius 2 is 2.00 bits per heavy atom. The van der Waals surface area contributed by atoms with Crippen LogP contribution >= 0.6 is 0 Å². The summed E-state index contributed by atoms with van der Waals surface area (Å²) in [6, 6.07) is 1.28. The van der Waals surface area contributed by atoms with Gasteiger partial charge in [-0.25, -0.2) is 0 Å². The SMILES string of the molecule is CC(C)N1CCCCC1CC1(O)CCC1. The van der Waals surface area contributed by atoms with Crippen LogP contribution in [0.4, 0.5) is 0 Å². The van der Waals surface area contributed by atoms with Crippen molar-refractivity contribution in [3.63, 3.8) is 0 Å². The van der Waals surface area contributed by atoms with Crippen molar-refractivity contribution in [1.29, 1.82) is 0 Å². The smallest absolute Gasteiger partial charge is 0.0662 e. The molecule has 1 saturated carbocycles. The van der Waals surface area contributed by atoms with Crippen LogP contribution in [0.1, 0.15) is 58.8 Å². The normalized spacial score (nSPS) is 31.6. The summed E-state index contributed by atoms with van der Waals surface area (Å²) in [6.45, 7) is 5.80. The third kappa shape index (κ3) is 2.54. The summed E-state index contributed by atoms with van der Waals surface area (Å²) in [6.07, 6.45) is 8.30. The molecule has 0 bridgehead atoms. The van der Waals surface area contributed by atoms with Gasteiger partial charge >= 0.3 is 0 Å². The Bertz CT molecular complexity index is 211. The molecule has 88 valence electrons. The van der Waals surface area contributed by atoms with E-state index in [0.29, 0.717) is 12.1 Å². The molecule has 15 heavy (non-hydrogen) atoms. The van der Waals surface area contributed by atoms with Crippen LogP contribution in [0.15, 0.2) is 0 Å². The van der Waals surface area contributed by atoms with Crippen molar-refractivity contribution >= 4 is 0 Å². The molecule has 1 atom stereocenters. The summed E-state index contributed by atoms with van der Waals surface area (Å²) in [7, 11) is 0. The Balaban J connectivity index is 1.92. The fourth-order valence-electron chi connectivity index (χ4n) is 3.15. The van der Waals surface area contributed by atoms with Crippen molar-refractivity contribution in [2.24, 2.45) is 0 Å². The predicted octanol–water partition coefficient (Wildman–Crippen LogP) is 2.55. The molecule has 2 fully saturated rings. The molecule has 0 amide bonds. The van der Waals surface area contributed by atoms with Gasteiger partial charge in [0.1, 0.15) is 0 Å². The van der Waals surface area contributed by atoms with Crippen LogP contribution in [-0.4, -0.2) is 34.2 Å². The second kappa shape index (κ2) is 4.42. The van der Waals surface area contributed by atoms with E-state index in [0.717, 1.165) is 19.3 Å². The lowest BCUT2D eigenvalue weighted by Crippen LogP contribution is -2.50. The second-order valence-electron chi connectivity index (χ2n) is 5.76. The van der Waals surface area contributed by atoms with Gasteiger partial charge in [0.05, 0.1) is 5.60 Å². The Hall–Kier alpha value is -0.0800. The maximum Gasteiger partial charge on any atom is 0.0662 e. The number of aliphatic hydroxyl groups is 1. The van der Waals surface area contributed by atoms with Crippen LogP contribution in [0.2, 0.25) is 0 Å². The van der Waals surface area contributed by atoms with Crippen LogP contribution in [0.25, 0.3) is 0 Å². The first-order valence-electron chi connectivity index (χ1n) is 6.59. The molecule has 1 saturated heterocycles. The first-order chi connectivity index (χ1) is 7.11. The average Bonchev–Trinajstić information content (AvgIpc) is 2.16. The zero-order valence-electron chi connectivity index (χ0n) is 10.2. The Morgan fingerprint density at radius 3 is 2.53 bits per heavy atom. The molecule has 1 heterocycles. The first-order valence-corrected chi connectivity index (χ1v) is 6.59. The van der Waals surface area contributed by atoms with Crippen LogP contribution in [0.5, 0.6) is 0 Å². The zero-order valence-corrected chi connectivity index (χ0v) is 10.2. The Kier molecular flexibility index (Phi) is 3.36. The number of likely N-dealkylation sites (tertiary alicyclic amines) is 1. The lowest BCUT2D eigenvalue weighted by atomic mass is 9.74. The summed E-state index contributed by atoms with van der Waals surface area (Å²) < 4.78 is 0. The Morgan fingerprint density at radius 1 is 1.27 bits per heavy atom. The highest BCUT2D eigenvalue weighted by molar-refractivity contribution is 4.93.